The van der Waals surface area contributed by atoms with Crippen molar-refractivity contribution in [1.82, 2.24) is 9.80 Å². The van der Waals surface area contributed by atoms with Crippen LogP contribution in [-0.4, -0.2) is 114 Å². The molecular weight excluding hydrogens is 388 g/mol. The fourth-order valence-corrected chi connectivity index (χ4v) is 3.94. The lowest BCUT2D eigenvalue weighted by Crippen LogP contribution is -2.50. The van der Waals surface area contributed by atoms with Crippen molar-refractivity contribution in [2.45, 2.75) is 18.4 Å². The molecular formula is C14H24N2O10S. The molecule has 1 saturated heterocycles. The van der Waals surface area contributed by atoms with Crippen LogP contribution in [0.3, 0.4) is 0 Å². The summed E-state index contributed by atoms with van der Waals surface area (Å²) in [7, 11) is -4.50. The molecule has 0 radical (unpaired) electrons. The predicted octanol–water partition coefficient (Wildman–Crippen LogP) is -2.28. The van der Waals surface area contributed by atoms with Crippen LogP contribution in [0.25, 0.3) is 0 Å². The Labute approximate surface area is 156 Å². The summed E-state index contributed by atoms with van der Waals surface area (Å²) in [6, 6.07) is 0. The molecule has 0 aromatic heterocycles. The molecule has 0 aromatic carbocycles. The minimum Gasteiger partial charge on any atom is -0.481 e. The summed E-state index contributed by atoms with van der Waals surface area (Å²) in [5.41, 5.74) is -2.91. The number of β-amino-alcohol motifs (C(OH)–C–C–N with tert-alkyl or cyclic N) is 1. The molecule has 12 nitrogen and oxygen atoms in total. The number of carboxylic acids is 3. The first-order valence-electron chi connectivity index (χ1n) is 8.15. The van der Waals surface area contributed by atoms with Crippen molar-refractivity contribution in [3.8, 4) is 0 Å². The Morgan fingerprint density at radius 3 is 1.70 bits per heavy atom. The Morgan fingerprint density at radius 2 is 1.33 bits per heavy atom. The van der Waals surface area contributed by atoms with Crippen molar-refractivity contribution >= 4 is 28.0 Å². The normalized spacial score (nSPS) is 16.9. The van der Waals surface area contributed by atoms with Crippen molar-refractivity contribution in [2.24, 2.45) is 0 Å². The molecule has 0 saturated carbocycles. The van der Waals surface area contributed by atoms with Gasteiger partial charge in [-0.2, -0.15) is 8.42 Å². The number of carboxylic acid groups (broad SMARTS) is 3. The zero-order chi connectivity index (χ0) is 20.7. The van der Waals surface area contributed by atoms with Crippen LogP contribution in [0.2, 0.25) is 0 Å². The number of aliphatic hydroxyl groups excluding tert-OH is 1. The molecule has 1 aliphatic heterocycles. The van der Waals surface area contributed by atoms with Gasteiger partial charge in [0.15, 0.2) is 0 Å². The van der Waals surface area contributed by atoms with E-state index in [0.717, 1.165) is 0 Å². The van der Waals surface area contributed by atoms with E-state index in [9.17, 15) is 27.9 Å². The number of hydrogen-bond donors (Lipinski definition) is 4. The molecule has 0 atom stereocenters. The monoisotopic (exact) mass is 412 g/mol. The number of aliphatic hydroxyl groups is 1. The maximum absolute atomic E-state index is 12.2. The van der Waals surface area contributed by atoms with Crippen molar-refractivity contribution in [3.63, 3.8) is 0 Å². The molecule has 1 heterocycles. The third kappa shape index (κ3) is 7.76. The third-order valence-electron chi connectivity index (χ3n) is 4.09. The van der Waals surface area contributed by atoms with Crippen molar-refractivity contribution < 1.29 is 47.4 Å². The van der Waals surface area contributed by atoms with E-state index in [-0.39, 0.29) is 13.2 Å². The van der Waals surface area contributed by atoms with Crippen LogP contribution < -0.4 is 0 Å². The van der Waals surface area contributed by atoms with Gasteiger partial charge in [0.2, 0.25) is 5.60 Å². The first-order valence-corrected chi connectivity index (χ1v) is 9.73. The summed E-state index contributed by atoms with van der Waals surface area (Å²) >= 11 is 0. The smallest absolute Gasteiger partial charge is 0.338 e. The SMILES string of the molecule is O=C(O)CC(CC(=O)O)(OS(=O)(=O)CCN1CCN(CCO)CC1)C(=O)O. The molecule has 27 heavy (non-hydrogen) atoms. The zero-order valence-corrected chi connectivity index (χ0v) is 15.4. The van der Waals surface area contributed by atoms with Crippen LogP contribution in [0.15, 0.2) is 0 Å². The molecule has 0 aliphatic carbocycles. The highest BCUT2D eigenvalue weighted by Crippen LogP contribution is 2.25. The average Bonchev–Trinajstić information content (AvgIpc) is 2.52. The van der Waals surface area contributed by atoms with Gasteiger partial charge in [0, 0.05) is 39.3 Å². The van der Waals surface area contributed by atoms with Crippen LogP contribution in [0.5, 0.6) is 0 Å². The molecule has 156 valence electrons. The van der Waals surface area contributed by atoms with E-state index < -0.39 is 52.2 Å². The number of aliphatic carboxylic acids is 3. The summed E-state index contributed by atoms with van der Waals surface area (Å²) in [4.78, 5) is 37.0. The van der Waals surface area contributed by atoms with Crippen molar-refractivity contribution in [1.29, 1.82) is 0 Å². The zero-order valence-electron chi connectivity index (χ0n) is 14.6. The van der Waals surface area contributed by atoms with Crippen LogP contribution in [0.4, 0.5) is 0 Å². The molecule has 4 N–H and O–H groups in total. The van der Waals surface area contributed by atoms with Gasteiger partial charge in [-0.3, -0.25) is 23.6 Å². The summed E-state index contributed by atoms with van der Waals surface area (Å²) in [6.45, 7) is 2.86. The van der Waals surface area contributed by atoms with E-state index in [4.69, 9.17) is 15.3 Å². The van der Waals surface area contributed by atoms with Gasteiger partial charge in [-0.1, -0.05) is 0 Å². The fourth-order valence-electron chi connectivity index (χ4n) is 2.70. The molecule has 13 heteroatoms. The van der Waals surface area contributed by atoms with Gasteiger partial charge in [-0.25, -0.2) is 4.79 Å². The molecule has 1 aliphatic rings. The quantitative estimate of drug-likeness (QED) is 0.252. The van der Waals surface area contributed by atoms with Crippen molar-refractivity contribution in [2.75, 3.05) is 51.6 Å². The fraction of sp³-hybridized carbons (Fsp3) is 0.786. The number of hydrogen-bond acceptors (Lipinski definition) is 9. The molecule has 1 rings (SSSR count). The second-order valence-electron chi connectivity index (χ2n) is 6.19. The summed E-state index contributed by atoms with van der Waals surface area (Å²) < 4.78 is 29.0. The molecule has 0 spiro atoms. The number of rotatable bonds is 12. The second kappa shape index (κ2) is 9.94. The van der Waals surface area contributed by atoms with E-state index in [1.54, 1.807) is 4.90 Å². The first kappa shape index (κ1) is 23.2. The Morgan fingerprint density at radius 1 is 0.889 bits per heavy atom. The predicted molar refractivity (Wildman–Crippen MR) is 89.7 cm³/mol. The molecule has 0 amide bonds. The Hall–Kier alpha value is -1.80. The lowest BCUT2D eigenvalue weighted by Gasteiger charge is -2.34. The third-order valence-corrected chi connectivity index (χ3v) is 5.34. The molecule has 0 aromatic rings. The number of carbonyl (C=O) groups is 3. The average molecular weight is 412 g/mol. The molecule has 0 unspecified atom stereocenters. The topological polar surface area (TPSA) is 182 Å². The standard InChI is InChI=1S/C14H24N2O10S/c17-7-5-15-1-3-16(4-2-15)6-8-27(24,25)26-14(13(22)23,9-11(18)19)10-12(20)21/h17H,1-10H2,(H,18,19)(H,20,21)(H,22,23). The van der Waals surface area contributed by atoms with Gasteiger partial charge in [-0.15, -0.1) is 0 Å². The number of piperazine rings is 1. The molecule has 0 bridgehead atoms. The Balaban J connectivity index is 2.75. The van der Waals surface area contributed by atoms with Crippen LogP contribution >= 0.6 is 0 Å². The van der Waals surface area contributed by atoms with E-state index in [0.29, 0.717) is 32.7 Å². The highest BCUT2D eigenvalue weighted by molar-refractivity contribution is 7.86. The van der Waals surface area contributed by atoms with Gasteiger partial charge >= 0.3 is 17.9 Å². The minimum absolute atomic E-state index is 0.0190. The van der Waals surface area contributed by atoms with Crippen molar-refractivity contribution in [3.05, 3.63) is 0 Å². The van der Waals surface area contributed by atoms with Gasteiger partial charge in [0.05, 0.1) is 25.2 Å². The summed E-state index contributed by atoms with van der Waals surface area (Å²) in [5, 5.41) is 35.8. The number of nitrogens with zero attached hydrogens (tertiary/aromatic N) is 2. The van der Waals surface area contributed by atoms with Gasteiger partial charge < -0.3 is 20.4 Å². The van der Waals surface area contributed by atoms with E-state index in [2.05, 4.69) is 4.18 Å². The van der Waals surface area contributed by atoms with E-state index in [1.165, 1.54) is 0 Å². The Kier molecular flexibility index (Phi) is 8.56. The lowest BCUT2D eigenvalue weighted by atomic mass is 9.96. The first-order chi connectivity index (χ1) is 12.5. The maximum atomic E-state index is 12.2. The highest BCUT2D eigenvalue weighted by Gasteiger charge is 2.48. The second-order valence-corrected chi connectivity index (χ2v) is 7.88. The van der Waals surface area contributed by atoms with E-state index >= 15 is 0 Å². The Bertz CT molecular complexity index is 626. The van der Waals surface area contributed by atoms with Gasteiger partial charge in [-0.05, 0) is 0 Å². The highest BCUT2D eigenvalue weighted by atomic mass is 32.2. The van der Waals surface area contributed by atoms with Gasteiger partial charge in [0.1, 0.15) is 0 Å². The summed E-state index contributed by atoms with van der Waals surface area (Å²) in [6.07, 6.45) is -2.62. The van der Waals surface area contributed by atoms with Crippen LogP contribution in [0, 0.1) is 0 Å². The van der Waals surface area contributed by atoms with Crippen LogP contribution in [0.1, 0.15) is 12.8 Å². The van der Waals surface area contributed by atoms with Gasteiger partial charge in [0.25, 0.3) is 10.1 Å². The summed E-state index contributed by atoms with van der Waals surface area (Å²) in [5.74, 6) is -5.99. The van der Waals surface area contributed by atoms with E-state index in [1.807, 2.05) is 4.90 Å². The lowest BCUT2D eigenvalue weighted by molar-refractivity contribution is -0.166. The van der Waals surface area contributed by atoms with Crippen LogP contribution in [-0.2, 0) is 28.7 Å². The largest absolute Gasteiger partial charge is 0.481 e. The maximum Gasteiger partial charge on any atom is 0.338 e. The minimum atomic E-state index is -4.50. The molecule has 1 fully saturated rings.